The van der Waals surface area contributed by atoms with Crippen molar-refractivity contribution < 1.29 is 5.11 Å². The number of pyridine rings is 1. The lowest BCUT2D eigenvalue weighted by Crippen LogP contribution is -2.48. The topological polar surface area (TPSA) is 67.8 Å². The van der Waals surface area contributed by atoms with E-state index >= 15 is 0 Å². The fourth-order valence-electron chi connectivity index (χ4n) is 4.72. The molecule has 0 atom stereocenters. The van der Waals surface area contributed by atoms with Crippen LogP contribution in [0, 0.1) is 11.3 Å². The van der Waals surface area contributed by atoms with Gasteiger partial charge in [-0.2, -0.15) is 5.26 Å². The van der Waals surface area contributed by atoms with Gasteiger partial charge in [-0.15, -0.1) is 0 Å². The maximum Gasteiger partial charge on any atom is 0.157 e. The number of fused-ring (bicyclic) bond motifs is 4. The van der Waals surface area contributed by atoms with Crippen molar-refractivity contribution >= 4 is 22.5 Å². The molecule has 2 aromatic heterocycles. The monoisotopic (exact) mass is 377 g/mol. The van der Waals surface area contributed by atoms with Gasteiger partial charge in [0.2, 0.25) is 0 Å². The van der Waals surface area contributed by atoms with E-state index in [9.17, 15) is 10.4 Å². The van der Waals surface area contributed by atoms with Crippen LogP contribution in [-0.2, 0) is 12.8 Å². The number of hydrogen-bond acceptors (Lipinski definition) is 5. The molecule has 1 N–H and O–H groups in total. The third kappa shape index (κ3) is 2.74. The summed E-state index contributed by atoms with van der Waals surface area (Å²) in [5, 5.41) is 19.1. The summed E-state index contributed by atoms with van der Waals surface area (Å²) in [6, 6.07) is 10.6. The SMILES string of the molecule is C.N#Cc1c2c(c(N3CCN(CCO)CC3)n3c1nc1ccccc13)CCC2. The number of nitrogens with zero attached hydrogens (tertiary/aromatic N) is 5. The summed E-state index contributed by atoms with van der Waals surface area (Å²) in [5.41, 5.74) is 6.10. The van der Waals surface area contributed by atoms with E-state index in [1.165, 1.54) is 16.9 Å². The van der Waals surface area contributed by atoms with E-state index in [0.717, 1.165) is 74.2 Å². The fraction of sp³-hybridized carbons (Fsp3) is 0.455. The second-order valence-electron chi connectivity index (χ2n) is 7.43. The number of aliphatic hydroxyl groups excluding tert-OH is 1. The molecule has 3 heterocycles. The highest BCUT2D eigenvalue weighted by Gasteiger charge is 2.29. The molecule has 1 aromatic carbocycles. The first-order chi connectivity index (χ1) is 13.3. The number of piperazine rings is 1. The molecular formula is C22H27N5O. The van der Waals surface area contributed by atoms with E-state index in [2.05, 4.69) is 26.3 Å². The van der Waals surface area contributed by atoms with E-state index in [1.54, 1.807) is 0 Å². The van der Waals surface area contributed by atoms with Crippen molar-refractivity contribution in [3.63, 3.8) is 0 Å². The second-order valence-corrected chi connectivity index (χ2v) is 7.43. The van der Waals surface area contributed by atoms with Crippen molar-refractivity contribution in [2.45, 2.75) is 26.7 Å². The third-order valence-corrected chi connectivity index (χ3v) is 5.99. The van der Waals surface area contributed by atoms with Gasteiger partial charge in [-0.25, -0.2) is 4.98 Å². The number of para-hydroxylation sites is 2. The highest BCUT2D eigenvalue weighted by Crippen LogP contribution is 2.38. The molecule has 0 unspecified atom stereocenters. The van der Waals surface area contributed by atoms with Crippen LogP contribution in [0.4, 0.5) is 5.82 Å². The molecule has 0 bridgehead atoms. The molecule has 1 saturated heterocycles. The van der Waals surface area contributed by atoms with Crippen LogP contribution in [0.25, 0.3) is 16.7 Å². The lowest BCUT2D eigenvalue weighted by atomic mass is 10.0. The summed E-state index contributed by atoms with van der Waals surface area (Å²) in [5.74, 6) is 1.23. The Balaban J connectivity index is 0.00000192. The first kappa shape index (κ1) is 18.7. The van der Waals surface area contributed by atoms with Crippen LogP contribution in [-0.4, -0.2) is 58.7 Å². The Morgan fingerprint density at radius 3 is 2.57 bits per heavy atom. The standard InChI is InChI=1S/C21H23N5O.CH4/c22-14-17-15-4-3-5-16(15)21(25-10-8-24(9-11-25)12-13-27)26-19-7-2-1-6-18(19)23-20(17)26;/h1-2,6-7,27H,3-5,8-13H2;1H4. The van der Waals surface area contributed by atoms with Crippen molar-refractivity contribution in [1.82, 2.24) is 14.3 Å². The van der Waals surface area contributed by atoms with E-state index in [1.807, 2.05) is 18.2 Å². The molecule has 0 radical (unpaired) electrons. The van der Waals surface area contributed by atoms with Gasteiger partial charge in [0.15, 0.2) is 5.65 Å². The van der Waals surface area contributed by atoms with Crippen LogP contribution in [0.3, 0.4) is 0 Å². The zero-order valence-electron chi connectivity index (χ0n) is 15.4. The fourth-order valence-corrected chi connectivity index (χ4v) is 4.72. The van der Waals surface area contributed by atoms with Crippen LogP contribution < -0.4 is 4.90 Å². The van der Waals surface area contributed by atoms with Crippen LogP contribution >= 0.6 is 0 Å². The number of imidazole rings is 1. The summed E-state index contributed by atoms with van der Waals surface area (Å²) >= 11 is 0. The van der Waals surface area contributed by atoms with Gasteiger partial charge in [0.1, 0.15) is 11.9 Å². The molecule has 6 nitrogen and oxygen atoms in total. The van der Waals surface area contributed by atoms with Gasteiger partial charge in [0.25, 0.3) is 0 Å². The number of anilines is 1. The molecule has 146 valence electrons. The van der Waals surface area contributed by atoms with Crippen LogP contribution in [0.15, 0.2) is 24.3 Å². The number of hydrogen-bond donors (Lipinski definition) is 1. The largest absolute Gasteiger partial charge is 0.395 e. The van der Waals surface area contributed by atoms with Gasteiger partial charge in [0, 0.05) is 32.7 Å². The lowest BCUT2D eigenvalue weighted by molar-refractivity contribution is 0.188. The maximum atomic E-state index is 9.87. The Bertz CT molecular complexity index is 1060. The lowest BCUT2D eigenvalue weighted by Gasteiger charge is -2.37. The van der Waals surface area contributed by atoms with Gasteiger partial charge in [-0.05, 0) is 42.5 Å². The minimum atomic E-state index is 0. The second kappa shape index (κ2) is 7.42. The molecule has 0 amide bonds. The summed E-state index contributed by atoms with van der Waals surface area (Å²) in [4.78, 5) is 9.60. The Kier molecular flexibility index (Phi) is 4.96. The number of β-amino-alcohol motifs (C(OH)–C–C–N with tert-alkyl or cyclic N) is 1. The van der Waals surface area contributed by atoms with Crippen LogP contribution in [0.5, 0.6) is 0 Å². The molecule has 1 aliphatic carbocycles. The average molecular weight is 377 g/mol. The Morgan fingerprint density at radius 2 is 1.82 bits per heavy atom. The van der Waals surface area contributed by atoms with Crippen molar-refractivity contribution in [2.75, 3.05) is 44.2 Å². The Hall–Kier alpha value is -2.62. The number of benzene rings is 1. The highest BCUT2D eigenvalue weighted by atomic mass is 16.3. The van der Waals surface area contributed by atoms with E-state index in [-0.39, 0.29) is 14.0 Å². The summed E-state index contributed by atoms with van der Waals surface area (Å²) in [6.45, 7) is 4.71. The van der Waals surface area contributed by atoms with Crippen LogP contribution in [0.2, 0.25) is 0 Å². The predicted octanol–water partition coefficient (Wildman–Crippen LogP) is 2.60. The minimum Gasteiger partial charge on any atom is -0.395 e. The quantitative estimate of drug-likeness (QED) is 0.760. The van der Waals surface area contributed by atoms with Crippen molar-refractivity contribution in [1.29, 1.82) is 5.26 Å². The van der Waals surface area contributed by atoms with E-state index < -0.39 is 0 Å². The summed E-state index contributed by atoms with van der Waals surface area (Å²) in [6.07, 6.45) is 3.10. The first-order valence-electron chi connectivity index (χ1n) is 9.75. The molecule has 3 aromatic rings. The Labute approximate surface area is 165 Å². The van der Waals surface area contributed by atoms with E-state index in [0.29, 0.717) is 0 Å². The number of rotatable bonds is 3. The van der Waals surface area contributed by atoms with Crippen molar-refractivity contribution in [2.24, 2.45) is 0 Å². The molecule has 0 saturated carbocycles. The molecule has 6 heteroatoms. The minimum absolute atomic E-state index is 0. The molecule has 1 fully saturated rings. The molecule has 28 heavy (non-hydrogen) atoms. The predicted molar refractivity (Wildman–Crippen MR) is 112 cm³/mol. The summed E-state index contributed by atoms with van der Waals surface area (Å²) < 4.78 is 2.22. The molecular weight excluding hydrogens is 350 g/mol. The third-order valence-electron chi connectivity index (χ3n) is 5.99. The summed E-state index contributed by atoms with van der Waals surface area (Å²) in [7, 11) is 0. The molecule has 1 aliphatic heterocycles. The van der Waals surface area contributed by atoms with Crippen molar-refractivity contribution in [3.8, 4) is 6.07 Å². The first-order valence-corrected chi connectivity index (χ1v) is 9.75. The highest BCUT2D eigenvalue weighted by molar-refractivity contribution is 5.86. The average Bonchev–Trinajstić information content (AvgIpc) is 3.32. The molecule has 0 spiro atoms. The van der Waals surface area contributed by atoms with Gasteiger partial charge >= 0.3 is 0 Å². The van der Waals surface area contributed by atoms with Gasteiger partial charge in [-0.1, -0.05) is 19.6 Å². The van der Waals surface area contributed by atoms with Crippen LogP contribution in [0.1, 0.15) is 30.5 Å². The van der Waals surface area contributed by atoms with E-state index in [4.69, 9.17) is 4.98 Å². The normalized spacial score (nSPS) is 16.9. The number of nitriles is 1. The zero-order chi connectivity index (χ0) is 18.4. The number of aromatic nitrogens is 2. The number of aliphatic hydroxyl groups is 1. The smallest absolute Gasteiger partial charge is 0.157 e. The van der Waals surface area contributed by atoms with Gasteiger partial charge in [-0.3, -0.25) is 9.30 Å². The van der Waals surface area contributed by atoms with Gasteiger partial charge < -0.3 is 10.0 Å². The maximum absolute atomic E-state index is 9.87. The molecule has 2 aliphatic rings. The Morgan fingerprint density at radius 1 is 1.07 bits per heavy atom. The van der Waals surface area contributed by atoms with Gasteiger partial charge in [0.05, 0.1) is 23.2 Å². The zero-order valence-corrected chi connectivity index (χ0v) is 15.4. The molecule has 5 rings (SSSR count). The van der Waals surface area contributed by atoms with Crippen molar-refractivity contribution in [3.05, 3.63) is 41.0 Å².